The van der Waals surface area contributed by atoms with Gasteiger partial charge in [0, 0.05) is 12.8 Å². The van der Waals surface area contributed by atoms with E-state index in [1.54, 1.807) is 0 Å². The summed E-state index contributed by atoms with van der Waals surface area (Å²) < 4.78 is 22.7. The Bertz CT molecular complexity index is 2060. The van der Waals surface area contributed by atoms with Gasteiger partial charge in [0.1, 0.15) is 13.2 Å². The first kappa shape index (κ1) is 77.1. The number of likely N-dealkylation sites (N-methyl/N-ethyl adjacent to an activating group) is 1. The van der Waals surface area contributed by atoms with Gasteiger partial charge in [0.05, 0.1) is 40.3 Å². The molecule has 0 bridgehead atoms. The van der Waals surface area contributed by atoms with E-state index < -0.39 is 30.3 Å². The molecule has 0 heterocycles. The van der Waals surface area contributed by atoms with E-state index in [1.807, 2.05) is 21.1 Å². The lowest BCUT2D eigenvalue weighted by molar-refractivity contribution is -0.870. The molecule has 0 amide bonds. The lowest BCUT2D eigenvalue weighted by atomic mass is 10.1. The summed E-state index contributed by atoms with van der Waals surface area (Å²) in [6.45, 7) is 4.41. The standard InChI is InChI=1S/C74H113NO8/c1-6-8-10-12-14-16-18-20-22-24-26-28-30-32-34-35-36-37-39-41-43-45-47-49-51-53-55-57-59-61-63-65-72(77)83-70(69-82-74(73(78)79)80-67-66-75(3,4)5)68-81-71(76)64-62-60-58-56-54-52-50-48-46-44-42-40-38-33-31-29-27-25-23-21-19-17-15-13-11-9-7-2/h8-11,14-17,20-23,26-29,32-34,36-38,41-44,47-50,54,56,70,74H,6-7,12-13,18-19,24-25,30-31,35,39-40,45-46,51-53,55,57-69H2,1-5H3/b10-8-,11-9-,16-14-,17-15-,22-20-,23-21-,28-26-,29-27-,34-32-,37-36-,38-33-,43-41-,44-42-,49-47-,50-48-,56-54-. The fraction of sp³-hybridized carbons (Fsp3) is 0.527. The van der Waals surface area contributed by atoms with Crippen LogP contribution in [-0.4, -0.2) is 82.3 Å². The molecule has 2 unspecified atom stereocenters. The minimum Gasteiger partial charge on any atom is -0.545 e. The molecule has 2 atom stereocenters. The molecule has 0 aromatic heterocycles. The zero-order valence-corrected chi connectivity index (χ0v) is 52.5. The van der Waals surface area contributed by atoms with Crippen LogP contribution in [0.15, 0.2) is 194 Å². The van der Waals surface area contributed by atoms with Crippen molar-refractivity contribution in [3.05, 3.63) is 194 Å². The molecule has 0 saturated heterocycles. The van der Waals surface area contributed by atoms with E-state index in [-0.39, 0.29) is 32.7 Å². The number of allylic oxidation sites excluding steroid dienone is 32. The van der Waals surface area contributed by atoms with Crippen molar-refractivity contribution in [3.63, 3.8) is 0 Å². The summed E-state index contributed by atoms with van der Waals surface area (Å²) in [6, 6.07) is 0. The molecule has 0 rings (SSSR count). The molecule has 0 N–H and O–H groups in total. The van der Waals surface area contributed by atoms with Gasteiger partial charge < -0.3 is 33.3 Å². The van der Waals surface area contributed by atoms with Crippen LogP contribution < -0.4 is 5.11 Å². The zero-order valence-electron chi connectivity index (χ0n) is 52.5. The Kier molecular flexibility index (Phi) is 57.8. The van der Waals surface area contributed by atoms with E-state index in [1.165, 1.54) is 0 Å². The van der Waals surface area contributed by atoms with Gasteiger partial charge in [-0.1, -0.05) is 234 Å². The van der Waals surface area contributed by atoms with Gasteiger partial charge in [0.2, 0.25) is 0 Å². The summed E-state index contributed by atoms with van der Waals surface area (Å²) in [6.07, 6.45) is 93.4. The average molecular weight is 1140 g/mol. The maximum absolute atomic E-state index is 12.9. The molecular formula is C74H113NO8. The minimum atomic E-state index is -1.65. The number of quaternary nitrogens is 1. The highest BCUT2D eigenvalue weighted by Gasteiger charge is 2.22. The van der Waals surface area contributed by atoms with Crippen molar-refractivity contribution in [2.75, 3.05) is 47.5 Å². The van der Waals surface area contributed by atoms with E-state index in [9.17, 15) is 19.5 Å². The van der Waals surface area contributed by atoms with E-state index in [4.69, 9.17) is 18.9 Å². The van der Waals surface area contributed by atoms with E-state index in [0.717, 1.165) is 154 Å². The maximum Gasteiger partial charge on any atom is 0.306 e. The number of carbonyl (C=O) groups is 3. The molecule has 0 radical (unpaired) electrons. The number of rotatable bonds is 55. The van der Waals surface area contributed by atoms with Crippen LogP contribution in [0.5, 0.6) is 0 Å². The normalized spacial score (nSPS) is 14.1. The van der Waals surface area contributed by atoms with Gasteiger partial charge in [-0.05, 0) is 141 Å². The number of ether oxygens (including phenoxy) is 4. The summed E-state index contributed by atoms with van der Waals surface area (Å²) >= 11 is 0. The third-order valence-electron chi connectivity index (χ3n) is 12.3. The van der Waals surface area contributed by atoms with Gasteiger partial charge in [-0.2, -0.15) is 0 Å². The van der Waals surface area contributed by atoms with E-state index in [2.05, 4.69) is 208 Å². The maximum atomic E-state index is 12.9. The van der Waals surface area contributed by atoms with Crippen LogP contribution in [0.25, 0.3) is 0 Å². The molecule has 462 valence electrons. The Morgan fingerprint density at radius 1 is 0.361 bits per heavy atom. The fourth-order valence-electron chi connectivity index (χ4n) is 7.56. The molecule has 0 aromatic rings. The van der Waals surface area contributed by atoms with Crippen LogP contribution in [0.2, 0.25) is 0 Å². The largest absolute Gasteiger partial charge is 0.545 e. The third-order valence-corrected chi connectivity index (χ3v) is 12.3. The van der Waals surface area contributed by atoms with Crippen LogP contribution in [0.4, 0.5) is 0 Å². The monoisotopic (exact) mass is 1140 g/mol. The Morgan fingerprint density at radius 2 is 0.651 bits per heavy atom. The van der Waals surface area contributed by atoms with Gasteiger partial charge in [-0.15, -0.1) is 0 Å². The average Bonchev–Trinajstić information content (AvgIpc) is 3.46. The molecule has 0 saturated carbocycles. The highest BCUT2D eigenvalue weighted by Crippen LogP contribution is 2.12. The lowest BCUT2D eigenvalue weighted by Gasteiger charge is -2.26. The third kappa shape index (κ3) is 63.6. The number of unbranched alkanes of at least 4 members (excludes halogenated alkanes) is 8. The second-order valence-corrected chi connectivity index (χ2v) is 21.2. The molecule has 0 aliphatic carbocycles. The number of carboxylic acids is 1. The van der Waals surface area contributed by atoms with Crippen molar-refractivity contribution in [2.24, 2.45) is 0 Å². The Morgan fingerprint density at radius 3 is 0.988 bits per heavy atom. The molecule has 0 fully saturated rings. The number of hydrogen-bond donors (Lipinski definition) is 0. The molecule has 0 aromatic carbocycles. The fourth-order valence-corrected chi connectivity index (χ4v) is 7.56. The highest BCUT2D eigenvalue weighted by molar-refractivity contribution is 5.70. The Balaban J connectivity index is 4.39. The quantitative estimate of drug-likeness (QED) is 0.0195. The van der Waals surface area contributed by atoms with Crippen molar-refractivity contribution < 1.29 is 42.9 Å². The van der Waals surface area contributed by atoms with Crippen molar-refractivity contribution in [1.29, 1.82) is 0 Å². The smallest absolute Gasteiger partial charge is 0.306 e. The Hall–Kier alpha value is -5.87. The van der Waals surface area contributed by atoms with Crippen LogP contribution in [0.3, 0.4) is 0 Å². The highest BCUT2D eigenvalue weighted by atomic mass is 16.7. The van der Waals surface area contributed by atoms with Gasteiger partial charge >= 0.3 is 11.9 Å². The minimum absolute atomic E-state index is 0.125. The van der Waals surface area contributed by atoms with Gasteiger partial charge in [0.25, 0.3) is 0 Å². The molecule has 0 aliphatic rings. The van der Waals surface area contributed by atoms with Gasteiger partial charge in [-0.3, -0.25) is 9.59 Å². The zero-order chi connectivity index (χ0) is 60.5. The van der Waals surface area contributed by atoms with Crippen LogP contribution in [0, 0.1) is 0 Å². The van der Waals surface area contributed by atoms with Crippen LogP contribution in [0.1, 0.15) is 194 Å². The number of hydrogen-bond acceptors (Lipinski definition) is 8. The molecule has 0 aliphatic heterocycles. The molecule has 9 nitrogen and oxygen atoms in total. The van der Waals surface area contributed by atoms with Crippen molar-refractivity contribution in [2.45, 2.75) is 206 Å². The molecule has 0 spiro atoms. The number of nitrogens with zero attached hydrogens (tertiary/aromatic N) is 1. The van der Waals surface area contributed by atoms with Crippen molar-refractivity contribution in [1.82, 2.24) is 0 Å². The van der Waals surface area contributed by atoms with E-state index >= 15 is 0 Å². The lowest BCUT2D eigenvalue weighted by Crippen LogP contribution is -2.44. The molecule has 83 heavy (non-hydrogen) atoms. The number of carboxylic acid groups (broad SMARTS) is 1. The second kappa shape index (κ2) is 62.2. The first-order valence-corrected chi connectivity index (χ1v) is 31.6. The van der Waals surface area contributed by atoms with Gasteiger partial charge in [0.15, 0.2) is 12.4 Å². The van der Waals surface area contributed by atoms with E-state index in [0.29, 0.717) is 23.9 Å². The van der Waals surface area contributed by atoms with Crippen LogP contribution >= 0.6 is 0 Å². The topological polar surface area (TPSA) is 111 Å². The number of carbonyl (C=O) groups excluding carboxylic acids is 3. The van der Waals surface area contributed by atoms with Crippen LogP contribution in [-0.2, 0) is 33.3 Å². The predicted octanol–water partition coefficient (Wildman–Crippen LogP) is 18.1. The Labute approximate surface area is 506 Å². The number of esters is 2. The summed E-state index contributed by atoms with van der Waals surface area (Å²) in [4.78, 5) is 37.4. The second-order valence-electron chi connectivity index (χ2n) is 21.2. The van der Waals surface area contributed by atoms with Crippen molar-refractivity contribution in [3.8, 4) is 0 Å². The molecular weight excluding hydrogens is 1030 g/mol. The summed E-state index contributed by atoms with van der Waals surface area (Å²) in [5.74, 6) is -2.39. The summed E-state index contributed by atoms with van der Waals surface area (Å²) in [5.41, 5.74) is 0. The SMILES string of the molecule is CC/C=C\C/C=C\C/C=C\C/C=C\C/C=C\C/C=C\C/C=C\C/C=C\CCCCCCCCC(=O)OC(COC(=O)CCCC/C=C\C/C=C\C/C=C\C/C=C\C/C=C\C/C=C\C/C=C\C/C=C\CC)COC(OCC[N+](C)(C)C)C(=O)[O-]. The summed E-state index contributed by atoms with van der Waals surface area (Å²) in [7, 11) is 5.89. The number of aliphatic carboxylic acids is 1. The molecule has 9 heteroatoms. The summed E-state index contributed by atoms with van der Waals surface area (Å²) in [5, 5.41) is 11.8. The predicted molar refractivity (Wildman–Crippen MR) is 351 cm³/mol. The first-order chi connectivity index (χ1) is 40.6. The first-order valence-electron chi connectivity index (χ1n) is 31.6. The van der Waals surface area contributed by atoms with Crippen molar-refractivity contribution >= 4 is 17.9 Å². The van der Waals surface area contributed by atoms with Gasteiger partial charge in [-0.25, -0.2) is 0 Å².